The number of halogens is 2. The van der Waals surface area contributed by atoms with E-state index in [0.29, 0.717) is 0 Å². The second kappa shape index (κ2) is 5.50. The first-order valence-corrected chi connectivity index (χ1v) is 7.65. The molecular formula is C15H11Br2N3. The molecule has 0 spiro atoms. The van der Waals surface area contributed by atoms with Gasteiger partial charge in [-0.05, 0) is 47.1 Å². The summed E-state index contributed by atoms with van der Waals surface area (Å²) in [5.74, 6) is 0.792. The Morgan fingerprint density at radius 2 is 1.75 bits per heavy atom. The standard InChI is InChI=1S/C15H11Br2N3/c1-9-2-4-11(5-3-9)20-15-12-6-10(16)7-13(17)14(12)18-8-19-15/h2-8H,1H3,(H,18,19,20). The van der Waals surface area contributed by atoms with Gasteiger partial charge in [-0.15, -0.1) is 0 Å². The van der Waals surface area contributed by atoms with Crippen molar-refractivity contribution in [2.45, 2.75) is 6.92 Å². The fourth-order valence-corrected chi connectivity index (χ4v) is 3.29. The first kappa shape index (κ1) is 13.5. The van der Waals surface area contributed by atoms with E-state index in [1.165, 1.54) is 5.56 Å². The summed E-state index contributed by atoms with van der Waals surface area (Å²) in [6, 6.07) is 12.2. The normalized spacial score (nSPS) is 10.8. The molecule has 0 bridgehead atoms. The van der Waals surface area contributed by atoms with Crippen molar-refractivity contribution in [2.24, 2.45) is 0 Å². The van der Waals surface area contributed by atoms with Crippen molar-refractivity contribution >= 4 is 54.3 Å². The largest absolute Gasteiger partial charge is 0.340 e. The molecule has 20 heavy (non-hydrogen) atoms. The molecule has 0 atom stereocenters. The Labute approximate surface area is 133 Å². The summed E-state index contributed by atoms with van der Waals surface area (Å²) in [6.07, 6.45) is 1.57. The van der Waals surface area contributed by atoms with E-state index in [1.807, 2.05) is 24.3 Å². The second-order valence-corrected chi connectivity index (χ2v) is 6.27. The Morgan fingerprint density at radius 3 is 2.50 bits per heavy atom. The summed E-state index contributed by atoms with van der Waals surface area (Å²) in [4.78, 5) is 8.66. The highest BCUT2D eigenvalue weighted by atomic mass is 79.9. The van der Waals surface area contributed by atoms with Crippen molar-refractivity contribution in [1.82, 2.24) is 9.97 Å². The summed E-state index contributed by atoms with van der Waals surface area (Å²) in [5, 5.41) is 4.30. The second-order valence-electron chi connectivity index (χ2n) is 4.50. The molecule has 100 valence electrons. The van der Waals surface area contributed by atoms with Crippen LogP contribution in [0, 0.1) is 6.92 Å². The van der Waals surface area contributed by atoms with E-state index in [4.69, 9.17) is 0 Å². The zero-order valence-electron chi connectivity index (χ0n) is 10.7. The first-order valence-electron chi connectivity index (χ1n) is 6.07. The van der Waals surface area contributed by atoms with Gasteiger partial charge >= 0.3 is 0 Å². The average Bonchev–Trinajstić information content (AvgIpc) is 2.42. The molecule has 1 aromatic heterocycles. The summed E-state index contributed by atoms with van der Waals surface area (Å²) in [7, 11) is 0. The molecular weight excluding hydrogens is 382 g/mol. The van der Waals surface area contributed by atoms with Gasteiger partial charge in [0.25, 0.3) is 0 Å². The predicted octanol–water partition coefficient (Wildman–Crippen LogP) is 5.21. The summed E-state index contributed by atoms with van der Waals surface area (Å²) in [6.45, 7) is 2.07. The number of aromatic nitrogens is 2. The van der Waals surface area contributed by atoms with Gasteiger partial charge in [0.1, 0.15) is 12.1 Å². The lowest BCUT2D eigenvalue weighted by Crippen LogP contribution is -1.96. The van der Waals surface area contributed by atoms with Crippen molar-refractivity contribution in [3.8, 4) is 0 Å². The maximum absolute atomic E-state index is 4.34. The molecule has 1 heterocycles. The number of benzene rings is 2. The molecule has 5 heteroatoms. The highest BCUT2D eigenvalue weighted by Gasteiger charge is 2.08. The van der Waals surface area contributed by atoms with E-state index >= 15 is 0 Å². The minimum absolute atomic E-state index is 0.792. The number of nitrogens with one attached hydrogen (secondary N) is 1. The molecule has 0 aliphatic rings. The number of fused-ring (bicyclic) bond motifs is 1. The van der Waals surface area contributed by atoms with Crippen LogP contribution in [0.2, 0.25) is 0 Å². The first-order chi connectivity index (χ1) is 9.63. The third-order valence-electron chi connectivity index (χ3n) is 2.97. The lowest BCUT2D eigenvalue weighted by Gasteiger charge is -2.09. The molecule has 0 aliphatic heterocycles. The number of hydrogen-bond donors (Lipinski definition) is 1. The molecule has 3 nitrogen and oxygen atoms in total. The molecule has 3 rings (SSSR count). The summed E-state index contributed by atoms with van der Waals surface area (Å²) >= 11 is 7.03. The van der Waals surface area contributed by atoms with Crippen LogP contribution in [0.4, 0.5) is 11.5 Å². The van der Waals surface area contributed by atoms with Crippen molar-refractivity contribution < 1.29 is 0 Å². The van der Waals surface area contributed by atoms with Crippen LogP contribution in [0.25, 0.3) is 10.9 Å². The maximum Gasteiger partial charge on any atom is 0.141 e. The van der Waals surface area contributed by atoms with Gasteiger partial charge in [-0.3, -0.25) is 0 Å². The Kier molecular flexibility index (Phi) is 3.72. The van der Waals surface area contributed by atoms with Crippen LogP contribution in [0.5, 0.6) is 0 Å². The van der Waals surface area contributed by atoms with Gasteiger partial charge < -0.3 is 5.32 Å². The zero-order chi connectivity index (χ0) is 14.1. The maximum atomic E-state index is 4.34. The molecule has 3 aromatic rings. The fraction of sp³-hybridized carbons (Fsp3) is 0.0667. The molecule has 0 amide bonds. The Bertz CT molecular complexity index is 770. The summed E-state index contributed by atoms with van der Waals surface area (Å²) in [5.41, 5.74) is 3.12. The van der Waals surface area contributed by atoms with Gasteiger partial charge in [0.15, 0.2) is 0 Å². The van der Waals surface area contributed by atoms with E-state index in [2.05, 4.69) is 66.2 Å². The Hall–Kier alpha value is -1.46. The quantitative estimate of drug-likeness (QED) is 0.650. The van der Waals surface area contributed by atoms with Crippen molar-refractivity contribution in [1.29, 1.82) is 0 Å². The molecule has 0 unspecified atom stereocenters. The topological polar surface area (TPSA) is 37.8 Å². The third-order valence-corrected chi connectivity index (χ3v) is 4.03. The third kappa shape index (κ3) is 2.69. The number of aryl methyl sites for hydroxylation is 1. The number of anilines is 2. The molecule has 0 fully saturated rings. The van der Waals surface area contributed by atoms with E-state index in [-0.39, 0.29) is 0 Å². The van der Waals surface area contributed by atoms with Crippen LogP contribution in [0.15, 0.2) is 51.7 Å². The lowest BCUT2D eigenvalue weighted by atomic mass is 10.2. The predicted molar refractivity (Wildman–Crippen MR) is 89.4 cm³/mol. The molecule has 0 radical (unpaired) electrons. The Balaban J connectivity index is 2.09. The monoisotopic (exact) mass is 391 g/mol. The lowest BCUT2D eigenvalue weighted by molar-refractivity contribution is 1.21. The van der Waals surface area contributed by atoms with E-state index in [1.54, 1.807) is 6.33 Å². The van der Waals surface area contributed by atoms with Gasteiger partial charge in [-0.2, -0.15) is 0 Å². The molecule has 0 saturated heterocycles. The smallest absolute Gasteiger partial charge is 0.141 e. The van der Waals surface area contributed by atoms with Crippen LogP contribution < -0.4 is 5.32 Å². The molecule has 0 aliphatic carbocycles. The van der Waals surface area contributed by atoms with Crippen molar-refractivity contribution in [3.63, 3.8) is 0 Å². The summed E-state index contributed by atoms with van der Waals surface area (Å²) < 4.78 is 1.93. The minimum Gasteiger partial charge on any atom is -0.340 e. The van der Waals surface area contributed by atoms with Gasteiger partial charge in [0, 0.05) is 20.0 Å². The van der Waals surface area contributed by atoms with Crippen LogP contribution in [-0.4, -0.2) is 9.97 Å². The fourth-order valence-electron chi connectivity index (χ4n) is 1.96. The van der Waals surface area contributed by atoms with Gasteiger partial charge in [-0.1, -0.05) is 33.6 Å². The molecule has 2 aromatic carbocycles. The van der Waals surface area contributed by atoms with Gasteiger partial charge in [0.05, 0.1) is 5.52 Å². The van der Waals surface area contributed by atoms with Crippen molar-refractivity contribution in [2.75, 3.05) is 5.32 Å². The van der Waals surface area contributed by atoms with E-state index in [9.17, 15) is 0 Å². The molecule has 0 saturated carbocycles. The SMILES string of the molecule is Cc1ccc(Nc2ncnc3c(Br)cc(Br)cc23)cc1. The highest BCUT2D eigenvalue weighted by molar-refractivity contribution is 9.11. The molecule has 1 N–H and O–H groups in total. The van der Waals surface area contributed by atoms with Crippen LogP contribution in [0.1, 0.15) is 5.56 Å². The zero-order valence-corrected chi connectivity index (χ0v) is 13.9. The number of hydrogen-bond acceptors (Lipinski definition) is 3. The Morgan fingerprint density at radius 1 is 1.00 bits per heavy atom. The van der Waals surface area contributed by atoms with Gasteiger partial charge in [0.2, 0.25) is 0 Å². The average molecular weight is 393 g/mol. The van der Waals surface area contributed by atoms with E-state index in [0.717, 1.165) is 31.4 Å². The van der Waals surface area contributed by atoms with Crippen LogP contribution in [0.3, 0.4) is 0 Å². The van der Waals surface area contributed by atoms with Crippen LogP contribution in [-0.2, 0) is 0 Å². The minimum atomic E-state index is 0.792. The highest BCUT2D eigenvalue weighted by Crippen LogP contribution is 2.31. The van der Waals surface area contributed by atoms with Gasteiger partial charge in [-0.25, -0.2) is 9.97 Å². The number of rotatable bonds is 2. The van der Waals surface area contributed by atoms with Crippen LogP contribution >= 0.6 is 31.9 Å². The number of nitrogens with zero attached hydrogens (tertiary/aromatic N) is 2. The van der Waals surface area contributed by atoms with E-state index < -0.39 is 0 Å². The van der Waals surface area contributed by atoms with Crippen molar-refractivity contribution in [3.05, 3.63) is 57.2 Å².